The van der Waals surface area contributed by atoms with Crippen LogP contribution in [0.15, 0.2) is 65.1 Å². The molecule has 3 heterocycles. The fourth-order valence-corrected chi connectivity index (χ4v) is 4.81. The standard InChI is InChI=1S/C23H19FN2O3S/c24-15-7-9-16(10-8-15)28-14-17-11-12-20(29-17)23(27)26-13-3-5-19(26)22-25-18-4-1-2-6-21(18)30-22/h1-2,4,6-12,19H,3,5,13-14H2. The second-order valence-electron chi connectivity index (χ2n) is 7.18. The van der Waals surface area contributed by atoms with E-state index >= 15 is 0 Å². The highest BCUT2D eigenvalue weighted by Gasteiger charge is 2.34. The minimum Gasteiger partial charge on any atom is -0.486 e. The lowest BCUT2D eigenvalue weighted by atomic mass is 10.2. The molecule has 0 aliphatic carbocycles. The molecule has 1 unspecified atom stereocenters. The molecule has 4 aromatic rings. The van der Waals surface area contributed by atoms with E-state index in [0.717, 1.165) is 28.1 Å². The Labute approximate surface area is 176 Å². The summed E-state index contributed by atoms with van der Waals surface area (Å²) in [4.78, 5) is 19.7. The maximum atomic E-state index is 13.1. The first kappa shape index (κ1) is 18.8. The van der Waals surface area contributed by atoms with Crippen molar-refractivity contribution in [3.8, 4) is 5.75 Å². The van der Waals surface area contributed by atoms with E-state index in [-0.39, 0.29) is 24.4 Å². The van der Waals surface area contributed by atoms with Crippen LogP contribution >= 0.6 is 11.3 Å². The first-order chi connectivity index (χ1) is 14.7. The van der Waals surface area contributed by atoms with Crippen molar-refractivity contribution in [1.29, 1.82) is 0 Å². The van der Waals surface area contributed by atoms with Crippen molar-refractivity contribution >= 4 is 27.5 Å². The largest absolute Gasteiger partial charge is 0.486 e. The van der Waals surface area contributed by atoms with Gasteiger partial charge in [0.05, 0.1) is 16.3 Å². The molecule has 152 valence electrons. The molecule has 5 nitrogen and oxygen atoms in total. The first-order valence-electron chi connectivity index (χ1n) is 9.81. The van der Waals surface area contributed by atoms with Crippen LogP contribution in [0.2, 0.25) is 0 Å². The molecule has 1 aliphatic rings. The van der Waals surface area contributed by atoms with E-state index in [1.165, 1.54) is 12.1 Å². The van der Waals surface area contributed by atoms with Crippen molar-refractivity contribution in [3.63, 3.8) is 0 Å². The summed E-state index contributed by atoms with van der Waals surface area (Å²) in [7, 11) is 0. The van der Waals surface area contributed by atoms with Crippen LogP contribution in [-0.4, -0.2) is 22.3 Å². The van der Waals surface area contributed by atoms with E-state index in [0.29, 0.717) is 23.8 Å². The Bertz CT molecular complexity index is 1150. The molecule has 1 aliphatic heterocycles. The van der Waals surface area contributed by atoms with Gasteiger partial charge < -0.3 is 14.1 Å². The molecule has 0 radical (unpaired) electrons. The molecule has 2 aromatic carbocycles. The molecule has 1 amide bonds. The molecular weight excluding hydrogens is 403 g/mol. The zero-order chi connectivity index (χ0) is 20.5. The summed E-state index contributed by atoms with van der Waals surface area (Å²) in [5.74, 6) is 0.918. The number of rotatable bonds is 5. The summed E-state index contributed by atoms with van der Waals surface area (Å²) < 4.78 is 25.4. The van der Waals surface area contributed by atoms with Gasteiger partial charge in [0.1, 0.15) is 28.9 Å². The molecule has 0 bridgehead atoms. The average molecular weight is 422 g/mol. The number of benzene rings is 2. The number of hydrogen-bond donors (Lipinski definition) is 0. The molecular formula is C23H19FN2O3S. The predicted molar refractivity (Wildman–Crippen MR) is 112 cm³/mol. The second-order valence-corrected chi connectivity index (χ2v) is 8.25. The third kappa shape index (κ3) is 3.68. The minimum absolute atomic E-state index is 0.0288. The number of aromatic nitrogens is 1. The van der Waals surface area contributed by atoms with Gasteiger partial charge in [0.2, 0.25) is 0 Å². The number of carbonyl (C=O) groups excluding carboxylic acids is 1. The molecule has 7 heteroatoms. The van der Waals surface area contributed by atoms with Gasteiger partial charge >= 0.3 is 0 Å². The van der Waals surface area contributed by atoms with Crippen molar-refractivity contribution in [2.75, 3.05) is 6.54 Å². The molecule has 1 saturated heterocycles. The fourth-order valence-electron chi connectivity index (χ4n) is 3.70. The Balaban J connectivity index is 1.29. The van der Waals surface area contributed by atoms with Gasteiger partial charge in [-0.25, -0.2) is 9.37 Å². The van der Waals surface area contributed by atoms with E-state index in [2.05, 4.69) is 6.07 Å². The van der Waals surface area contributed by atoms with Gasteiger partial charge in [0.25, 0.3) is 5.91 Å². The second kappa shape index (κ2) is 7.91. The Morgan fingerprint density at radius 3 is 2.83 bits per heavy atom. The average Bonchev–Trinajstić information content (AvgIpc) is 3.51. The molecule has 5 rings (SSSR count). The van der Waals surface area contributed by atoms with Crippen molar-refractivity contribution in [3.05, 3.63) is 83.0 Å². The zero-order valence-corrected chi connectivity index (χ0v) is 16.9. The number of nitrogens with zero attached hydrogens (tertiary/aromatic N) is 2. The molecule has 2 aromatic heterocycles. The van der Waals surface area contributed by atoms with Crippen LogP contribution in [0.1, 0.15) is 40.2 Å². The highest BCUT2D eigenvalue weighted by Crippen LogP contribution is 2.37. The van der Waals surface area contributed by atoms with E-state index in [1.54, 1.807) is 35.6 Å². The number of amides is 1. The number of thiazole rings is 1. The normalized spacial score (nSPS) is 16.3. The summed E-state index contributed by atoms with van der Waals surface area (Å²) in [6.07, 6.45) is 1.83. The van der Waals surface area contributed by atoms with Crippen molar-refractivity contribution in [1.82, 2.24) is 9.88 Å². The summed E-state index contributed by atoms with van der Waals surface area (Å²) in [6, 6.07) is 17.2. The number of carbonyl (C=O) groups is 1. The molecule has 1 fully saturated rings. The highest BCUT2D eigenvalue weighted by molar-refractivity contribution is 7.18. The monoisotopic (exact) mass is 422 g/mol. The molecule has 1 atom stereocenters. The van der Waals surface area contributed by atoms with Crippen LogP contribution in [0.4, 0.5) is 4.39 Å². The smallest absolute Gasteiger partial charge is 0.290 e. The van der Waals surface area contributed by atoms with Crippen molar-refractivity contribution in [2.24, 2.45) is 0 Å². The number of ether oxygens (including phenoxy) is 1. The maximum Gasteiger partial charge on any atom is 0.290 e. The number of fused-ring (bicyclic) bond motifs is 1. The van der Waals surface area contributed by atoms with Gasteiger partial charge in [-0.15, -0.1) is 11.3 Å². The topological polar surface area (TPSA) is 55.6 Å². The van der Waals surface area contributed by atoms with Crippen LogP contribution in [0, 0.1) is 5.82 Å². The zero-order valence-electron chi connectivity index (χ0n) is 16.1. The number of likely N-dealkylation sites (tertiary alicyclic amines) is 1. The quantitative estimate of drug-likeness (QED) is 0.421. The number of halogens is 1. The number of furan rings is 1. The summed E-state index contributed by atoms with van der Waals surface area (Å²) >= 11 is 1.64. The van der Waals surface area contributed by atoms with Crippen LogP contribution in [0.3, 0.4) is 0 Å². The van der Waals surface area contributed by atoms with Gasteiger partial charge in [0, 0.05) is 6.54 Å². The first-order valence-corrected chi connectivity index (χ1v) is 10.6. The SMILES string of the molecule is O=C(c1ccc(COc2ccc(F)cc2)o1)N1CCCC1c1nc2ccccc2s1. The Morgan fingerprint density at radius 1 is 1.17 bits per heavy atom. The minimum atomic E-state index is -0.318. The van der Waals surface area contributed by atoms with E-state index < -0.39 is 0 Å². The lowest BCUT2D eigenvalue weighted by molar-refractivity contribution is 0.0699. The fraction of sp³-hybridized carbons (Fsp3) is 0.217. The summed E-state index contributed by atoms with van der Waals surface area (Å²) in [6.45, 7) is 0.849. The summed E-state index contributed by atoms with van der Waals surface area (Å²) in [5.41, 5.74) is 0.968. The van der Waals surface area contributed by atoms with Crippen LogP contribution in [-0.2, 0) is 6.61 Å². The Morgan fingerprint density at radius 2 is 2.00 bits per heavy atom. The van der Waals surface area contributed by atoms with Gasteiger partial charge in [-0.05, 0) is 61.4 Å². The lowest BCUT2D eigenvalue weighted by Gasteiger charge is -2.21. The number of hydrogen-bond acceptors (Lipinski definition) is 5. The Kier molecular flexibility index (Phi) is 4.96. The third-order valence-corrected chi connectivity index (χ3v) is 6.31. The van der Waals surface area contributed by atoms with E-state index in [1.807, 2.05) is 23.1 Å². The molecule has 30 heavy (non-hydrogen) atoms. The van der Waals surface area contributed by atoms with Gasteiger partial charge in [-0.1, -0.05) is 12.1 Å². The van der Waals surface area contributed by atoms with Crippen LogP contribution in [0.5, 0.6) is 5.75 Å². The maximum absolute atomic E-state index is 13.1. The number of para-hydroxylation sites is 1. The van der Waals surface area contributed by atoms with Crippen LogP contribution in [0.25, 0.3) is 10.2 Å². The molecule has 0 saturated carbocycles. The predicted octanol–water partition coefficient (Wildman–Crippen LogP) is 5.58. The summed E-state index contributed by atoms with van der Waals surface area (Å²) in [5, 5.41) is 0.966. The van der Waals surface area contributed by atoms with E-state index in [4.69, 9.17) is 14.1 Å². The Hall–Kier alpha value is -3.19. The highest BCUT2D eigenvalue weighted by atomic mass is 32.1. The molecule has 0 spiro atoms. The van der Waals surface area contributed by atoms with Gasteiger partial charge in [0.15, 0.2) is 5.76 Å². The van der Waals surface area contributed by atoms with Crippen molar-refractivity contribution < 1.29 is 18.3 Å². The molecule has 0 N–H and O–H groups in total. The van der Waals surface area contributed by atoms with Crippen LogP contribution < -0.4 is 4.74 Å². The lowest BCUT2D eigenvalue weighted by Crippen LogP contribution is -2.30. The van der Waals surface area contributed by atoms with Gasteiger partial charge in [-0.3, -0.25) is 4.79 Å². The van der Waals surface area contributed by atoms with Gasteiger partial charge in [-0.2, -0.15) is 0 Å². The third-order valence-electron chi connectivity index (χ3n) is 5.18. The van der Waals surface area contributed by atoms with Crippen molar-refractivity contribution in [2.45, 2.75) is 25.5 Å². The van der Waals surface area contributed by atoms with E-state index in [9.17, 15) is 9.18 Å².